The number of aryl methyl sites for hydroxylation is 1. The molecule has 0 atom stereocenters. The number of aromatic nitrogens is 1. The lowest BCUT2D eigenvalue weighted by atomic mass is 10.1. The maximum Gasteiger partial charge on any atom is 0.0936 e. The minimum atomic E-state index is 0.824. The summed E-state index contributed by atoms with van der Waals surface area (Å²) in [5.41, 5.74) is 3.17. The third-order valence-corrected chi connectivity index (χ3v) is 4.57. The van der Waals surface area contributed by atoms with Gasteiger partial charge < -0.3 is 5.32 Å². The standard InChI is InChI=1S/C15H13BrN2S/c1-10-5-6-11-3-2-4-13(15(11)18-10)17-9-12-7-8-14(16)19-12/h2-8,17H,9H2,1H3. The van der Waals surface area contributed by atoms with Gasteiger partial charge in [0, 0.05) is 22.5 Å². The molecular formula is C15H13BrN2S. The molecule has 0 radical (unpaired) electrons. The quantitative estimate of drug-likeness (QED) is 0.731. The van der Waals surface area contributed by atoms with Crippen LogP contribution in [0.5, 0.6) is 0 Å². The summed E-state index contributed by atoms with van der Waals surface area (Å²) in [6.45, 7) is 2.84. The molecule has 0 bridgehead atoms. The van der Waals surface area contributed by atoms with Crippen LogP contribution in [0, 0.1) is 6.92 Å². The Morgan fingerprint density at radius 2 is 2.05 bits per heavy atom. The van der Waals surface area contributed by atoms with Crippen molar-refractivity contribution >= 4 is 43.9 Å². The molecule has 0 unspecified atom stereocenters. The molecule has 0 aliphatic heterocycles. The van der Waals surface area contributed by atoms with E-state index in [1.54, 1.807) is 11.3 Å². The number of nitrogens with one attached hydrogen (secondary N) is 1. The van der Waals surface area contributed by atoms with Crippen LogP contribution >= 0.6 is 27.3 Å². The fourth-order valence-corrected chi connectivity index (χ4v) is 3.44. The van der Waals surface area contributed by atoms with Crippen LogP contribution in [-0.2, 0) is 6.54 Å². The van der Waals surface area contributed by atoms with Crippen molar-refractivity contribution in [3.63, 3.8) is 0 Å². The van der Waals surface area contributed by atoms with E-state index >= 15 is 0 Å². The summed E-state index contributed by atoms with van der Waals surface area (Å²) in [5, 5.41) is 4.64. The van der Waals surface area contributed by atoms with Crippen LogP contribution in [0.3, 0.4) is 0 Å². The second-order valence-corrected chi connectivity index (χ2v) is 6.94. The van der Waals surface area contributed by atoms with Crippen molar-refractivity contribution in [3.05, 3.63) is 56.8 Å². The molecular weight excluding hydrogens is 320 g/mol. The summed E-state index contributed by atoms with van der Waals surface area (Å²) in [4.78, 5) is 5.93. The molecule has 3 aromatic rings. The largest absolute Gasteiger partial charge is 0.378 e. The molecule has 0 saturated heterocycles. The van der Waals surface area contributed by atoms with E-state index in [4.69, 9.17) is 0 Å². The van der Waals surface area contributed by atoms with Crippen LogP contribution in [-0.4, -0.2) is 4.98 Å². The normalized spacial score (nSPS) is 10.8. The Morgan fingerprint density at radius 3 is 2.84 bits per heavy atom. The van der Waals surface area contributed by atoms with E-state index in [0.717, 1.165) is 27.2 Å². The van der Waals surface area contributed by atoms with Crippen molar-refractivity contribution < 1.29 is 0 Å². The minimum Gasteiger partial charge on any atom is -0.378 e. The number of anilines is 1. The molecule has 96 valence electrons. The molecule has 0 fully saturated rings. The van der Waals surface area contributed by atoms with Crippen LogP contribution in [0.25, 0.3) is 10.9 Å². The highest BCUT2D eigenvalue weighted by molar-refractivity contribution is 9.11. The molecule has 1 N–H and O–H groups in total. The zero-order valence-corrected chi connectivity index (χ0v) is 12.9. The van der Waals surface area contributed by atoms with Gasteiger partial charge in [0.2, 0.25) is 0 Å². The Bertz CT molecular complexity index is 721. The summed E-state index contributed by atoms with van der Waals surface area (Å²) in [7, 11) is 0. The smallest absolute Gasteiger partial charge is 0.0936 e. The van der Waals surface area contributed by atoms with Crippen LogP contribution in [0.15, 0.2) is 46.3 Å². The minimum absolute atomic E-state index is 0.824. The number of nitrogens with zero attached hydrogens (tertiary/aromatic N) is 1. The highest BCUT2D eigenvalue weighted by Crippen LogP contribution is 2.25. The summed E-state index contributed by atoms with van der Waals surface area (Å²) < 4.78 is 1.16. The second kappa shape index (κ2) is 5.31. The van der Waals surface area contributed by atoms with E-state index < -0.39 is 0 Å². The fraction of sp³-hybridized carbons (Fsp3) is 0.133. The van der Waals surface area contributed by atoms with Crippen molar-refractivity contribution in [2.75, 3.05) is 5.32 Å². The van der Waals surface area contributed by atoms with Gasteiger partial charge >= 0.3 is 0 Å². The maximum absolute atomic E-state index is 4.62. The fourth-order valence-electron chi connectivity index (χ4n) is 2.02. The second-order valence-electron chi connectivity index (χ2n) is 4.39. The van der Waals surface area contributed by atoms with Gasteiger partial charge in [-0.1, -0.05) is 18.2 Å². The first-order chi connectivity index (χ1) is 9.22. The summed E-state index contributed by atoms with van der Waals surface area (Å²) in [6.07, 6.45) is 0. The van der Waals surface area contributed by atoms with Gasteiger partial charge in [0.05, 0.1) is 15.0 Å². The van der Waals surface area contributed by atoms with Crippen LogP contribution in [0.2, 0.25) is 0 Å². The number of thiophene rings is 1. The highest BCUT2D eigenvalue weighted by atomic mass is 79.9. The predicted octanol–water partition coefficient (Wildman–Crippen LogP) is 4.98. The van der Waals surface area contributed by atoms with Crippen molar-refractivity contribution in [2.24, 2.45) is 0 Å². The lowest BCUT2D eigenvalue weighted by Gasteiger charge is -2.08. The number of benzene rings is 1. The molecule has 0 saturated carbocycles. The molecule has 0 aliphatic rings. The average Bonchev–Trinajstić information content (AvgIpc) is 2.82. The molecule has 1 aromatic carbocycles. The molecule has 3 rings (SSSR count). The molecule has 0 aliphatic carbocycles. The monoisotopic (exact) mass is 332 g/mol. The molecule has 2 heterocycles. The van der Waals surface area contributed by atoms with Crippen molar-refractivity contribution in [2.45, 2.75) is 13.5 Å². The number of hydrogen-bond acceptors (Lipinski definition) is 3. The number of rotatable bonds is 3. The van der Waals surface area contributed by atoms with E-state index in [1.807, 2.05) is 13.0 Å². The Kier molecular flexibility index (Phi) is 3.53. The summed E-state index contributed by atoms with van der Waals surface area (Å²) >= 11 is 5.24. The van der Waals surface area contributed by atoms with Crippen molar-refractivity contribution in [1.82, 2.24) is 4.98 Å². The maximum atomic E-state index is 4.62. The Hall–Kier alpha value is -1.39. The molecule has 2 aromatic heterocycles. The predicted molar refractivity (Wildman–Crippen MR) is 85.8 cm³/mol. The van der Waals surface area contributed by atoms with Gasteiger partial charge in [-0.3, -0.25) is 4.98 Å². The average molecular weight is 333 g/mol. The first-order valence-corrected chi connectivity index (χ1v) is 7.68. The van der Waals surface area contributed by atoms with Gasteiger partial charge in [-0.05, 0) is 47.1 Å². The molecule has 19 heavy (non-hydrogen) atoms. The molecule has 2 nitrogen and oxygen atoms in total. The van der Waals surface area contributed by atoms with Crippen LogP contribution in [0.1, 0.15) is 10.6 Å². The van der Waals surface area contributed by atoms with E-state index in [0.29, 0.717) is 0 Å². The van der Waals surface area contributed by atoms with E-state index in [-0.39, 0.29) is 0 Å². The number of hydrogen-bond donors (Lipinski definition) is 1. The Balaban J connectivity index is 1.90. The molecule has 0 spiro atoms. The topological polar surface area (TPSA) is 24.9 Å². The van der Waals surface area contributed by atoms with E-state index in [2.05, 4.69) is 62.6 Å². The van der Waals surface area contributed by atoms with Gasteiger partial charge in [-0.15, -0.1) is 11.3 Å². The summed E-state index contributed by atoms with van der Waals surface area (Å²) in [6, 6.07) is 14.6. The molecule has 0 amide bonds. The van der Waals surface area contributed by atoms with Gasteiger partial charge in [0.25, 0.3) is 0 Å². The Morgan fingerprint density at radius 1 is 1.16 bits per heavy atom. The SMILES string of the molecule is Cc1ccc2cccc(NCc3ccc(Br)s3)c2n1. The van der Waals surface area contributed by atoms with Crippen LogP contribution in [0.4, 0.5) is 5.69 Å². The van der Waals surface area contributed by atoms with Gasteiger partial charge in [0.1, 0.15) is 0 Å². The summed E-state index contributed by atoms with van der Waals surface area (Å²) in [5.74, 6) is 0. The Labute approximate surface area is 124 Å². The van der Waals surface area contributed by atoms with Crippen molar-refractivity contribution in [1.29, 1.82) is 0 Å². The lowest BCUT2D eigenvalue weighted by molar-refractivity contribution is 1.18. The van der Waals surface area contributed by atoms with Gasteiger partial charge in [-0.25, -0.2) is 0 Å². The van der Waals surface area contributed by atoms with Gasteiger partial charge in [0.15, 0.2) is 0 Å². The van der Waals surface area contributed by atoms with Gasteiger partial charge in [-0.2, -0.15) is 0 Å². The zero-order valence-electron chi connectivity index (χ0n) is 10.5. The number of fused-ring (bicyclic) bond motifs is 1. The van der Waals surface area contributed by atoms with E-state index in [1.165, 1.54) is 10.3 Å². The van der Waals surface area contributed by atoms with E-state index in [9.17, 15) is 0 Å². The number of halogens is 1. The third kappa shape index (κ3) is 2.80. The van der Waals surface area contributed by atoms with Crippen molar-refractivity contribution in [3.8, 4) is 0 Å². The first kappa shape index (κ1) is 12.6. The number of para-hydroxylation sites is 1. The third-order valence-electron chi connectivity index (χ3n) is 2.94. The molecule has 4 heteroatoms. The highest BCUT2D eigenvalue weighted by Gasteiger charge is 2.03. The number of pyridine rings is 1. The lowest BCUT2D eigenvalue weighted by Crippen LogP contribution is -1.99. The first-order valence-electron chi connectivity index (χ1n) is 6.07. The zero-order chi connectivity index (χ0) is 13.2. The van der Waals surface area contributed by atoms with Crippen LogP contribution < -0.4 is 5.32 Å².